The third-order valence-electron chi connectivity index (χ3n) is 4.33. The molecule has 0 amide bonds. The Balaban J connectivity index is 1.74. The van der Waals surface area contributed by atoms with Crippen molar-refractivity contribution >= 4 is 21.4 Å². The number of anilines is 2. The quantitative estimate of drug-likeness (QED) is 0.804. The lowest BCUT2D eigenvalue weighted by molar-refractivity contribution is 0.122. The van der Waals surface area contributed by atoms with Gasteiger partial charge in [0.25, 0.3) is 0 Å². The van der Waals surface area contributed by atoms with E-state index in [-0.39, 0.29) is 5.75 Å². The molecule has 6 nitrogen and oxygen atoms in total. The van der Waals surface area contributed by atoms with E-state index in [4.69, 9.17) is 9.47 Å². The van der Waals surface area contributed by atoms with E-state index in [2.05, 4.69) is 9.62 Å². The molecule has 1 aliphatic rings. The summed E-state index contributed by atoms with van der Waals surface area (Å²) in [4.78, 5) is 2.17. The van der Waals surface area contributed by atoms with Crippen molar-refractivity contribution in [1.29, 1.82) is 0 Å². The van der Waals surface area contributed by atoms with Crippen molar-refractivity contribution in [2.24, 2.45) is 0 Å². The number of hydrogen-bond donors (Lipinski definition) is 1. The van der Waals surface area contributed by atoms with Crippen LogP contribution in [0.4, 0.5) is 11.4 Å². The zero-order chi connectivity index (χ0) is 18.4. The first-order chi connectivity index (χ1) is 12.6. The van der Waals surface area contributed by atoms with Crippen LogP contribution in [-0.2, 0) is 21.2 Å². The third-order valence-corrected chi connectivity index (χ3v) is 5.60. The van der Waals surface area contributed by atoms with Crippen LogP contribution in [0.1, 0.15) is 5.56 Å². The molecule has 0 bridgehead atoms. The molecule has 1 fully saturated rings. The fraction of sp³-hybridized carbons (Fsp3) is 0.368. The van der Waals surface area contributed by atoms with Gasteiger partial charge in [0, 0.05) is 18.8 Å². The Labute approximate surface area is 154 Å². The van der Waals surface area contributed by atoms with Crippen LogP contribution in [0, 0.1) is 0 Å². The maximum Gasteiger partial charge on any atom is 0.233 e. The largest absolute Gasteiger partial charge is 0.495 e. The van der Waals surface area contributed by atoms with Crippen LogP contribution in [0.25, 0.3) is 0 Å². The van der Waals surface area contributed by atoms with Crippen LogP contribution in [0.5, 0.6) is 5.75 Å². The second-order valence-electron chi connectivity index (χ2n) is 6.14. The van der Waals surface area contributed by atoms with Gasteiger partial charge in [-0.3, -0.25) is 4.72 Å². The first kappa shape index (κ1) is 18.5. The van der Waals surface area contributed by atoms with Gasteiger partial charge in [-0.05, 0) is 30.2 Å². The van der Waals surface area contributed by atoms with Gasteiger partial charge in [-0.15, -0.1) is 0 Å². The van der Waals surface area contributed by atoms with E-state index in [0.29, 0.717) is 31.1 Å². The van der Waals surface area contributed by atoms with Crippen LogP contribution in [0.3, 0.4) is 0 Å². The molecule has 1 aliphatic heterocycles. The van der Waals surface area contributed by atoms with Crippen LogP contribution in [0.2, 0.25) is 0 Å². The first-order valence-corrected chi connectivity index (χ1v) is 10.3. The van der Waals surface area contributed by atoms with E-state index in [1.807, 2.05) is 42.5 Å². The van der Waals surface area contributed by atoms with Crippen molar-refractivity contribution in [3.05, 3.63) is 54.1 Å². The molecule has 2 aromatic rings. The van der Waals surface area contributed by atoms with Gasteiger partial charge in [0.2, 0.25) is 10.0 Å². The maximum absolute atomic E-state index is 12.5. The molecule has 3 rings (SSSR count). The number of benzene rings is 2. The van der Waals surface area contributed by atoms with E-state index < -0.39 is 10.0 Å². The normalized spacial score (nSPS) is 14.9. The molecule has 7 heteroatoms. The zero-order valence-electron chi connectivity index (χ0n) is 14.8. The highest BCUT2D eigenvalue weighted by Gasteiger charge is 2.17. The van der Waals surface area contributed by atoms with Gasteiger partial charge in [-0.2, -0.15) is 0 Å². The van der Waals surface area contributed by atoms with Crippen molar-refractivity contribution in [2.75, 3.05) is 48.8 Å². The van der Waals surface area contributed by atoms with Crippen molar-refractivity contribution in [1.82, 2.24) is 0 Å². The number of aryl methyl sites for hydroxylation is 1. The maximum atomic E-state index is 12.5. The summed E-state index contributed by atoms with van der Waals surface area (Å²) in [5.74, 6) is 0.521. The summed E-state index contributed by atoms with van der Waals surface area (Å²) in [5.41, 5.74) is 2.41. The summed E-state index contributed by atoms with van der Waals surface area (Å²) in [6, 6.07) is 15.1. The monoisotopic (exact) mass is 376 g/mol. The standard InChI is InChI=1S/C19H24N2O4S/c1-24-19-8-7-17(21-10-12-25-13-11-21)15-18(19)20-26(22,23)14-9-16-5-3-2-4-6-16/h2-8,15,20H,9-14H2,1H3. The molecule has 0 saturated carbocycles. The van der Waals surface area contributed by atoms with E-state index in [9.17, 15) is 8.42 Å². The van der Waals surface area contributed by atoms with E-state index in [1.54, 1.807) is 6.07 Å². The van der Waals surface area contributed by atoms with Crippen LogP contribution in [0.15, 0.2) is 48.5 Å². The molecule has 0 aliphatic carbocycles. The second kappa shape index (κ2) is 8.42. The Morgan fingerprint density at radius 2 is 1.85 bits per heavy atom. The minimum Gasteiger partial charge on any atom is -0.495 e. The Morgan fingerprint density at radius 3 is 2.54 bits per heavy atom. The lowest BCUT2D eigenvalue weighted by atomic mass is 10.2. The Bertz CT molecular complexity index is 819. The number of morpholine rings is 1. The Kier molecular flexibility index (Phi) is 6.00. The van der Waals surface area contributed by atoms with Gasteiger partial charge >= 0.3 is 0 Å². The summed E-state index contributed by atoms with van der Waals surface area (Å²) in [6.45, 7) is 2.91. The fourth-order valence-electron chi connectivity index (χ4n) is 2.91. The van der Waals surface area contributed by atoms with Crippen molar-refractivity contribution in [3.8, 4) is 5.75 Å². The lowest BCUT2D eigenvalue weighted by Crippen LogP contribution is -2.36. The number of methoxy groups -OCH3 is 1. The van der Waals surface area contributed by atoms with E-state index in [0.717, 1.165) is 24.3 Å². The van der Waals surface area contributed by atoms with Gasteiger partial charge in [0.15, 0.2) is 0 Å². The van der Waals surface area contributed by atoms with E-state index in [1.165, 1.54) is 7.11 Å². The number of sulfonamides is 1. The average molecular weight is 376 g/mol. The highest BCUT2D eigenvalue weighted by molar-refractivity contribution is 7.92. The zero-order valence-corrected chi connectivity index (χ0v) is 15.7. The van der Waals surface area contributed by atoms with Crippen LogP contribution >= 0.6 is 0 Å². The molecule has 0 aromatic heterocycles. The molecule has 1 N–H and O–H groups in total. The molecular weight excluding hydrogens is 352 g/mol. The minimum atomic E-state index is -3.49. The van der Waals surface area contributed by atoms with Crippen LogP contribution < -0.4 is 14.4 Å². The number of nitrogens with one attached hydrogen (secondary N) is 1. The summed E-state index contributed by atoms with van der Waals surface area (Å²) in [6.07, 6.45) is 0.460. The molecule has 1 heterocycles. The van der Waals surface area contributed by atoms with Crippen molar-refractivity contribution < 1.29 is 17.9 Å². The molecule has 0 spiro atoms. The Morgan fingerprint density at radius 1 is 1.12 bits per heavy atom. The predicted octanol–water partition coefficient (Wildman–Crippen LogP) is 2.52. The molecule has 0 atom stereocenters. The summed E-state index contributed by atoms with van der Waals surface area (Å²) in [5, 5.41) is 0. The molecule has 140 valence electrons. The van der Waals surface area contributed by atoms with E-state index >= 15 is 0 Å². The number of rotatable bonds is 7. The highest BCUT2D eigenvalue weighted by Crippen LogP contribution is 2.31. The van der Waals surface area contributed by atoms with Gasteiger partial charge < -0.3 is 14.4 Å². The fourth-order valence-corrected chi connectivity index (χ4v) is 4.01. The van der Waals surface area contributed by atoms with Gasteiger partial charge in [-0.25, -0.2) is 8.42 Å². The second-order valence-corrected chi connectivity index (χ2v) is 7.98. The average Bonchev–Trinajstić information content (AvgIpc) is 2.68. The predicted molar refractivity (Wildman–Crippen MR) is 104 cm³/mol. The van der Waals surface area contributed by atoms with Crippen LogP contribution in [-0.4, -0.2) is 47.6 Å². The van der Waals surface area contributed by atoms with Gasteiger partial charge in [0.05, 0.1) is 31.8 Å². The molecule has 26 heavy (non-hydrogen) atoms. The lowest BCUT2D eigenvalue weighted by Gasteiger charge is -2.29. The number of hydrogen-bond acceptors (Lipinski definition) is 5. The molecule has 0 radical (unpaired) electrons. The first-order valence-electron chi connectivity index (χ1n) is 8.62. The highest BCUT2D eigenvalue weighted by atomic mass is 32.2. The van der Waals surface area contributed by atoms with Gasteiger partial charge in [0.1, 0.15) is 5.75 Å². The summed E-state index contributed by atoms with van der Waals surface area (Å²) in [7, 11) is -1.95. The Hall–Kier alpha value is -2.25. The van der Waals surface area contributed by atoms with Crippen molar-refractivity contribution in [3.63, 3.8) is 0 Å². The number of nitrogens with zero attached hydrogens (tertiary/aromatic N) is 1. The summed E-state index contributed by atoms with van der Waals surface area (Å²) < 4.78 is 38.4. The smallest absolute Gasteiger partial charge is 0.233 e. The molecule has 2 aromatic carbocycles. The van der Waals surface area contributed by atoms with Crippen molar-refractivity contribution in [2.45, 2.75) is 6.42 Å². The minimum absolute atomic E-state index is 0.0158. The summed E-state index contributed by atoms with van der Waals surface area (Å²) >= 11 is 0. The third kappa shape index (κ3) is 4.89. The number of ether oxygens (including phenoxy) is 2. The molecular formula is C19H24N2O4S. The SMILES string of the molecule is COc1ccc(N2CCOCC2)cc1NS(=O)(=O)CCc1ccccc1. The molecule has 1 saturated heterocycles. The topological polar surface area (TPSA) is 67.9 Å². The van der Waals surface area contributed by atoms with Gasteiger partial charge in [-0.1, -0.05) is 30.3 Å². The molecule has 0 unspecified atom stereocenters.